The SMILES string of the molecule is Cc1nc(N)c2c(n1)OC(C)(C)C(c1ccc(C3CCC(CNC(=O)CO)CC3)c(Cl)c1)=N2. The van der Waals surface area contributed by atoms with Gasteiger partial charge in [-0.15, -0.1) is 0 Å². The molecule has 176 valence electrons. The summed E-state index contributed by atoms with van der Waals surface area (Å²) in [7, 11) is 0. The molecule has 1 aliphatic carbocycles. The zero-order valence-electron chi connectivity index (χ0n) is 19.2. The van der Waals surface area contributed by atoms with E-state index in [4.69, 9.17) is 32.2 Å². The molecule has 0 spiro atoms. The highest BCUT2D eigenvalue weighted by atomic mass is 35.5. The Bertz CT molecular complexity index is 1090. The third-order valence-electron chi connectivity index (χ3n) is 6.43. The summed E-state index contributed by atoms with van der Waals surface area (Å²) in [6.07, 6.45) is 4.04. The molecule has 0 atom stereocenters. The number of nitrogens with zero attached hydrogens (tertiary/aromatic N) is 3. The molecule has 0 radical (unpaired) electrons. The van der Waals surface area contributed by atoms with Crippen molar-refractivity contribution in [3.8, 4) is 5.88 Å². The molecular formula is C24H30ClN5O3. The molecule has 1 aromatic heterocycles. The number of hydrogen-bond acceptors (Lipinski definition) is 7. The fourth-order valence-corrected chi connectivity index (χ4v) is 5.02. The molecule has 1 saturated carbocycles. The second-order valence-corrected chi connectivity index (χ2v) is 9.71. The maximum atomic E-state index is 11.3. The number of ether oxygens (including phenoxy) is 1. The van der Waals surface area contributed by atoms with E-state index in [1.807, 2.05) is 26.0 Å². The number of aliphatic hydroxyl groups excluding tert-OH is 1. The van der Waals surface area contributed by atoms with Crippen LogP contribution < -0.4 is 15.8 Å². The Balaban J connectivity index is 1.52. The number of aliphatic imine (C=N–C) groups is 1. The maximum absolute atomic E-state index is 11.3. The highest BCUT2D eigenvalue weighted by Crippen LogP contribution is 2.42. The fourth-order valence-electron chi connectivity index (χ4n) is 4.68. The zero-order valence-corrected chi connectivity index (χ0v) is 19.9. The molecule has 1 aliphatic heterocycles. The van der Waals surface area contributed by atoms with Gasteiger partial charge in [0.2, 0.25) is 11.8 Å². The lowest BCUT2D eigenvalue weighted by Gasteiger charge is -2.33. The van der Waals surface area contributed by atoms with Crippen LogP contribution in [0.3, 0.4) is 0 Å². The van der Waals surface area contributed by atoms with E-state index in [-0.39, 0.29) is 5.91 Å². The number of nitrogens with one attached hydrogen (secondary N) is 1. The van der Waals surface area contributed by atoms with Gasteiger partial charge < -0.3 is 20.9 Å². The first-order chi connectivity index (χ1) is 15.7. The Morgan fingerprint density at radius 1 is 1.27 bits per heavy atom. The first-order valence-electron chi connectivity index (χ1n) is 11.3. The minimum absolute atomic E-state index is 0.292. The molecule has 1 aromatic carbocycles. The molecule has 2 aromatic rings. The molecule has 2 aliphatic rings. The first-order valence-corrected chi connectivity index (χ1v) is 11.7. The lowest BCUT2D eigenvalue weighted by atomic mass is 9.78. The van der Waals surface area contributed by atoms with Crippen molar-refractivity contribution in [2.75, 3.05) is 18.9 Å². The van der Waals surface area contributed by atoms with Gasteiger partial charge in [-0.1, -0.05) is 23.7 Å². The van der Waals surface area contributed by atoms with Crippen molar-refractivity contribution in [3.05, 3.63) is 40.2 Å². The molecular weight excluding hydrogens is 442 g/mol. The number of aryl methyl sites for hydroxylation is 1. The average molecular weight is 472 g/mol. The molecule has 4 rings (SSSR count). The minimum atomic E-state index is -0.706. The van der Waals surface area contributed by atoms with Gasteiger partial charge in [-0.3, -0.25) is 4.79 Å². The number of fused-ring (bicyclic) bond motifs is 1. The van der Waals surface area contributed by atoms with Gasteiger partial charge in [-0.25, -0.2) is 9.98 Å². The summed E-state index contributed by atoms with van der Waals surface area (Å²) < 4.78 is 6.14. The second-order valence-electron chi connectivity index (χ2n) is 9.30. The van der Waals surface area contributed by atoms with Crippen LogP contribution in [0.25, 0.3) is 0 Å². The normalized spacial score (nSPS) is 21.5. The predicted molar refractivity (Wildman–Crippen MR) is 128 cm³/mol. The highest BCUT2D eigenvalue weighted by Gasteiger charge is 2.36. The van der Waals surface area contributed by atoms with E-state index in [1.54, 1.807) is 6.92 Å². The Labute approximate surface area is 198 Å². The number of aromatic nitrogens is 2. The molecule has 2 heterocycles. The van der Waals surface area contributed by atoms with Gasteiger partial charge >= 0.3 is 0 Å². The van der Waals surface area contributed by atoms with Crippen LogP contribution in [0.1, 0.15) is 62.4 Å². The molecule has 4 N–H and O–H groups in total. The van der Waals surface area contributed by atoms with E-state index in [2.05, 4.69) is 21.4 Å². The topological polar surface area (TPSA) is 123 Å². The van der Waals surface area contributed by atoms with Gasteiger partial charge in [-0.2, -0.15) is 4.98 Å². The first kappa shape index (κ1) is 23.4. The summed E-state index contributed by atoms with van der Waals surface area (Å²) in [5.41, 5.74) is 8.55. The number of aliphatic hydroxyl groups is 1. The molecule has 33 heavy (non-hydrogen) atoms. The number of amides is 1. The summed E-state index contributed by atoms with van der Waals surface area (Å²) in [6, 6.07) is 6.07. The molecule has 9 heteroatoms. The number of hydrogen-bond donors (Lipinski definition) is 3. The van der Waals surface area contributed by atoms with Crippen LogP contribution in [-0.2, 0) is 4.79 Å². The standard InChI is InChI=1S/C24H30ClN5O3/c1-13-28-22(26)20-23(29-13)33-24(2,3)21(30-20)16-8-9-17(18(25)10-16)15-6-4-14(5-7-15)11-27-19(32)12-31/h8-10,14-15,31H,4-7,11-12H2,1-3H3,(H,27,32)(H2,26,28,29). The van der Waals surface area contributed by atoms with Gasteiger partial charge in [0.05, 0.1) is 5.71 Å². The fraction of sp³-hybridized carbons (Fsp3) is 0.500. The lowest BCUT2D eigenvalue weighted by Crippen LogP contribution is -2.41. The number of rotatable bonds is 5. The molecule has 8 nitrogen and oxygen atoms in total. The van der Waals surface area contributed by atoms with Crippen LogP contribution in [0.2, 0.25) is 5.02 Å². The number of halogens is 1. The summed E-state index contributed by atoms with van der Waals surface area (Å²) in [4.78, 5) is 24.6. The van der Waals surface area contributed by atoms with Crippen LogP contribution in [0, 0.1) is 12.8 Å². The van der Waals surface area contributed by atoms with E-state index in [9.17, 15) is 4.79 Å². The van der Waals surface area contributed by atoms with E-state index in [0.29, 0.717) is 46.6 Å². The third-order valence-corrected chi connectivity index (χ3v) is 6.76. The second kappa shape index (κ2) is 9.27. The minimum Gasteiger partial charge on any atom is -0.463 e. The van der Waals surface area contributed by atoms with E-state index < -0.39 is 12.2 Å². The summed E-state index contributed by atoms with van der Waals surface area (Å²) in [6.45, 7) is 5.81. The number of anilines is 1. The lowest BCUT2D eigenvalue weighted by molar-refractivity contribution is -0.124. The van der Waals surface area contributed by atoms with Gasteiger partial charge in [0, 0.05) is 17.1 Å². The van der Waals surface area contributed by atoms with Crippen molar-refractivity contribution in [1.82, 2.24) is 15.3 Å². The van der Waals surface area contributed by atoms with E-state index in [1.165, 1.54) is 0 Å². The van der Waals surface area contributed by atoms with Crippen molar-refractivity contribution in [2.45, 2.75) is 58.0 Å². The Kier molecular flexibility index (Phi) is 6.59. The van der Waals surface area contributed by atoms with Crippen LogP contribution in [0.4, 0.5) is 11.5 Å². The maximum Gasteiger partial charge on any atom is 0.246 e. The van der Waals surface area contributed by atoms with Crippen molar-refractivity contribution in [2.24, 2.45) is 10.9 Å². The number of benzene rings is 1. The summed E-state index contributed by atoms with van der Waals surface area (Å²) in [5, 5.41) is 12.3. The zero-order chi connectivity index (χ0) is 23.8. The van der Waals surface area contributed by atoms with Crippen molar-refractivity contribution in [1.29, 1.82) is 0 Å². The monoisotopic (exact) mass is 471 g/mol. The van der Waals surface area contributed by atoms with Gasteiger partial charge in [0.25, 0.3) is 0 Å². The summed E-state index contributed by atoms with van der Waals surface area (Å²) in [5.74, 6) is 1.71. The van der Waals surface area contributed by atoms with Gasteiger partial charge in [-0.05, 0) is 69.9 Å². The van der Waals surface area contributed by atoms with Crippen LogP contribution >= 0.6 is 11.6 Å². The third kappa shape index (κ3) is 4.96. The van der Waals surface area contributed by atoms with E-state index >= 15 is 0 Å². The Morgan fingerprint density at radius 3 is 2.67 bits per heavy atom. The molecule has 0 unspecified atom stereocenters. The molecule has 1 fully saturated rings. The van der Waals surface area contributed by atoms with Crippen molar-refractivity contribution >= 4 is 34.7 Å². The number of carbonyl (C=O) groups excluding carboxylic acids is 1. The van der Waals surface area contributed by atoms with Crippen molar-refractivity contribution < 1.29 is 14.6 Å². The Morgan fingerprint density at radius 2 is 2.00 bits per heavy atom. The molecule has 0 bridgehead atoms. The molecule has 0 saturated heterocycles. The van der Waals surface area contributed by atoms with E-state index in [0.717, 1.165) is 42.5 Å². The smallest absolute Gasteiger partial charge is 0.246 e. The number of nitrogens with two attached hydrogens (primary N) is 1. The quantitative estimate of drug-likeness (QED) is 0.611. The average Bonchev–Trinajstić information content (AvgIpc) is 2.76. The van der Waals surface area contributed by atoms with Gasteiger partial charge in [0.15, 0.2) is 11.5 Å². The highest BCUT2D eigenvalue weighted by molar-refractivity contribution is 6.32. The van der Waals surface area contributed by atoms with Crippen molar-refractivity contribution in [3.63, 3.8) is 0 Å². The largest absolute Gasteiger partial charge is 0.463 e. The van der Waals surface area contributed by atoms with Gasteiger partial charge in [0.1, 0.15) is 18.0 Å². The summed E-state index contributed by atoms with van der Waals surface area (Å²) >= 11 is 6.76. The Hall–Kier alpha value is -2.71. The number of carbonyl (C=O) groups is 1. The van der Waals surface area contributed by atoms with Crippen LogP contribution in [0.15, 0.2) is 23.2 Å². The molecule has 1 amide bonds. The van der Waals surface area contributed by atoms with Crippen LogP contribution in [-0.4, -0.2) is 45.4 Å². The number of nitrogen functional groups attached to an aromatic ring is 1. The van der Waals surface area contributed by atoms with Crippen LogP contribution in [0.5, 0.6) is 5.88 Å². The predicted octanol–water partition coefficient (Wildman–Crippen LogP) is 3.69.